The minimum absolute atomic E-state index is 0.0130. The van der Waals surface area contributed by atoms with Gasteiger partial charge < -0.3 is 25.7 Å². The predicted octanol–water partition coefficient (Wildman–Crippen LogP) is 2.93. The van der Waals surface area contributed by atoms with Crippen LogP contribution >= 0.6 is 12.0 Å². The maximum Gasteiger partial charge on any atom is 0.267 e. The van der Waals surface area contributed by atoms with Crippen molar-refractivity contribution >= 4 is 45.6 Å². The Kier molecular flexibility index (Phi) is 19.9. The summed E-state index contributed by atoms with van der Waals surface area (Å²) in [6, 6.07) is -0.730. The second-order valence-corrected chi connectivity index (χ2v) is 22.3. The van der Waals surface area contributed by atoms with Gasteiger partial charge in [-0.25, -0.2) is 10.4 Å². The maximum atomic E-state index is 13.6. The summed E-state index contributed by atoms with van der Waals surface area (Å²) in [5.74, 6) is 5.05. The van der Waals surface area contributed by atoms with Crippen molar-refractivity contribution in [1.82, 2.24) is 30.8 Å². The summed E-state index contributed by atoms with van der Waals surface area (Å²) in [5.41, 5.74) is 3.78. The normalized spacial score (nSPS) is 27.2. The molecule has 4 rings (SSSR count). The van der Waals surface area contributed by atoms with Crippen LogP contribution in [0, 0.1) is 22.7 Å². The summed E-state index contributed by atoms with van der Waals surface area (Å²) in [5, 5.41) is 19.7. The first-order valence-electron chi connectivity index (χ1n) is 22.9. The highest BCUT2D eigenvalue weighted by atomic mass is 32.2. The number of carbonyl (C=O) groups is 3. The molecule has 0 aromatic carbocycles. The SMILES string of the molecule is CCN1/C(=C/C=C/C2=[N+](CCC(=O)NC(CCCCNC(=O)C(CCCCN(C)C)N(C)C)C(=O)NN)C3CCC(SOO[O-])CC3C2(C)C)C(C)(C)C2CC(S(=O)(=O)O)CCC21. The third kappa shape index (κ3) is 13.7. The first kappa shape index (κ1) is 53.0. The van der Waals surface area contributed by atoms with Gasteiger partial charge in [-0.2, -0.15) is 12.8 Å². The molecular formula is C44H78N8O9S2. The molecule has 2 heterocycles. The second kappa shape index (κ2) is 23.7. The Labute approximate surface area is 381 Å². The molecule has 2 saturated carbocycles. The fraction of sp³-hybridized carbons (Fsp3) is 0.818. The fourth-order valence-corrected chi connectivity index (χ4v) is 12.6. The van der Waals surface area contributed by atoms with Gasteiger partial charge in [0.05, 0.1) is 23.1 Å². The number of hydrogen-bond acceptors (Lipinski definition) is 13. The van der Waals surface area contributed by atoms with Gasteiger partial charge in [-0.15, -0.1) is 0 Å². The van der Waals surface area contributed by atoms with Crippen LogP contribution in [0.2, 0.25) is 0 Å². The molecule has 2 aliphatic heterocycles. The number of amides is 3. The van der Waals surface area contributed by atoms with E-state index >= 15 is 0 Å². The molecule has 1 saturated heterocycles. The number of carbonyl (C=O) groups excluding carboxylic acids is 3. The number of nitrogens with two attached hydrogens (primary N) is 1. The molecule has 6 N–H and O–H groups in total. The van der Waals surface area contributed by atoms with E-state index in [2.05, 4.69) is 88.3 Å². The number of rotatable bonds is 24. The largest absolute Gasteiger partial charge is 0.691 e. The van der Waals surface area contributed by atoms with Crippen molar-refractivity contribution in [3.8, 4) is 0 Å². The molecule has 0 bridgehead atoms. The number of likely N-dealkylation sites (N-methyl/N-ethyl adjacent to an activating group) is 1. The smallest absolute Gasteiger partial charge is 0.267 e. The van der Waals surface area contributed by atoms with Gasteiger partial charge in [0.15, 0.2) is 18.3 Å². The Hall–Kier alpha value is -2.62. The van der Waals surface area contributed by atoms with Gasteiger partial charge in [-0.3, -0.25) is 34.3 Å². The van der Waals surface area contributed by atoms with E-state index in [1.54, 1.807) is 0 Å². The van der Waals surface area contributed by atoms with Crippen molar-refractivity contribution in [2.24, 2.45) is 28.5 Å². The minimum atomic E-state index is -4.13. The lowest BCUT2D eigenvalue weighted by atomic mass is 9.69. The predicted molar refractivity (Wildman–Crippen MR) is 244 cm³/mol. The van der Waals surface area contributed by atoms with Gasteiger partial charge in [0.25, 0.3) is 16.0 Å². The Balaban J connectivity index is 1.46. The van der Waals surface area contributed by atoms with E-state index in [0.29, 0.717) is 51.6 Å². The first-order valence-corrected chi connectivity index (χ1v) is 25.3. The number of hydrazine groups is 1. The van der Waals surface area contributed by atoms with Gasteiger partial charge in [-0.05, 0) is 132 Å². The van der Waals surface area contributed by atoms with E-state index in [1.807, 2.05) is 33.1 Å². The van der Waals surface area contributed by atoms with Crippen molar-refractivity contribution < 1.29 is 46.6 Å². The molecule has 8 atom stereocenters. The molecule has 0 aromatic rings. The average Bonchev–Trinajstić information content (AvgIpc) is 3.57. The summed E-state index contributed by atoms with van der Waals surface area (Å²) < 4.78 is 41.4. The van der Waals surface area contributed by atoms with Crippen molar-refractivity contribution in [3.05, 3.63) is 23.9 Å². The van der Waals surface area contributed by atoms with E-state index in [0.717, 1.165) is 75.1 Å². The topological polar surface area (TPSA) is 222 Å². The molecule has 3 fully saturated rings. The summed E-state index contributed by atoms with van der Waals surface area (Å²) >= 11 is 1.06. The molecular weight excluding hydrogens is 849 g/mol. The Morgan fingerprint density at radius 2 is 1.71 bits per heavy atom. The van der Waals surface area contributed by atoms with Crippen molar-refractivity contribution in [2.75, 3.05) is 54.4 Å². The number of nitrogens with zero attached hydrogens (tertiary/aromatic N) is 4. The molecule has 17 nitrogen and oxygen atoms in total. The van der Waals surface area contributed by atoms with Crippen molar-refractivity contribution in [3.63, 3.8) is 0 Å². The van der Waals surface area contributed by atoms with Crippen LogP contribution < -0.4 is 27.2 Å². The third-order valence-corrected chi connectivity index (χ3v) is 16.6. The van der Waals surface area contributed by atoms with Gasteiger partial charge in [0.1, 0.15) is 6.04 Å². The van der Waals surface area contributed by atoms with Gasteiger partial charge in [0, 0.05) is 66.0 Å². The first-order chi connectivity index (χ1) is 29.7. The van der Waals surface area contributed by atoms with Crippen LogP contribution in [0.3, 0.4) is 0 Å². The van der Waals surface area contributed by atoms with Crippen LogP contribution in [0.25, 0.3) is 0 Å². The molecule has 8 unspecified atom stereocenters. The molecule has 3 amide bonds. The Bertz CT molecular complexity index is 1760. The summed E-state index contributed by atoms with van der Waals surface area (Å²) in [4.78, 5) is 46.0. The zero-order valence-corrected chi connectivity index (χ0v) is 40.9. The molecule has 0 radical (unpaired) electrons. The standard InChI is InChI=1S/C44H78N8O9S2/c1-10-51-35-23-21-31(63(57,58)59)29-33(35)44(4,5)38(51)18-15-19-39-43(2,3)32-28-30(62-61-60-56)20-22-36(32)52(39)27-24-40(53)47-34(41(54)48-45)16-11-13-25-46-42(55)37(50(8)9)17-12-14-26-49(6)7/h15,18-19,30-37H,10-14,16-17,20-29,45H2,1-9H3,(H4-,46,47,48,53,54,55,56,57,58,59). The monoisotopic (exact) mass is 927 g/mol. The number of fused-ring (bicyclic) bond motifs is 2. The molecule has 0 spiro atoms. The number of likely N-dealkylation sites (tertiary alicyclic amines) is 1. The zero-order chi connectivity index (χ0) is 46.7. The highest BCUT2D eigenvalue weighted by Crippen LogP contribution is 2.54. The Morgan fingerprint density at radius 1 is 1.00 bits per heavy atom. The molecule has 360 valence electrons. The van der Waals surface area contributed by atoms with E-state index in [-0.39, 0.29) is 64.3 Å². The van der Waals surface area contributed by atoms with Gasteiger partial charge in [0.2, 0.25) is 11.8 Å². The summed E-state index contributed by atoms with van der Waals surface area (Å²) in [6.07, 6.45) is 14.8. The average molecular weight is 927 g/mol. The van der Waals surface area contributed by atoms with Crippen LogP contribution in [-0.2, 0) is 33.9 Å². The van der Waals surface area contributed by atoms with Gasteiger partial charge in [-0.1, -0.05) is 26.3 Å². The molecule has 2 aliphatic carbocycles. The number of unbranched alkanes of at least 4 members (excludes halogenated alkanes) is 2. The number of nitrogens with one attached hydrogen (secondary N) is 3. The van der Waals surface area contributed by atoms with E-state index in [4.69, 9.17) is 10.2 Å². The lowest BCUT2D eigenvalue weighted by Crippen LogP contribution is -2.49. The summed E-state index contributed by atoms with van der Waals surface area (Å²) in [6.45, 7) is 13.5. The van der Waals surface area contributed by atoms with E-state index in [9.17, 15) is 32.6 Å². The second-order valence-electron chi connectivity index (χ2n) is 19.6. The van der Waals surface area contributed by atoms with Crippen LogP contribution in [0.5, 0.6) is 0 Å². The lowest BCUT2D eigenvalue weighted by Gasteiger charge is -2.37. The molecule has 0 aromatic heterocycles. The van der Waals surface area contributed by atoms with Crippen molar-refractivity contribution in [1.29, 1.82) is 0 Å². The third-order valence-electron chi connectivity index (χ3n) is 14.4. The van der Waals surface area contributed by atoms with E-state index < -0.39 is 27.3 Å². The molecule has 63 heavy (non-hydrogen) atoms. The highest BCUT2D eigenvalue weighted by molar-refractivity contribution is 7.95. The van der Waals surface area contributed by atoms with Crippen LogP contribution in [-0.4, -0.2) is 145 Å². The Morgan fingerprint density at radius 3 is 2.35 bits per heavy atom. The highest BCUT2D eigenvalue weighted by Gasteiger charge is 2.56. The summed E-state index contributed by atoms with van der Waals surface area (Å²) in [7, 11) is 3.78. The van der Waals surface area contributed by atoms with Gasteiger partial charge >= 0.3 is 0 Å². The number of allylic oxidation sites excluding steroid dienone is 4. The van der Waals surface area contributed by atoms with Crippen LogP contribution in [0.1, 0.15) is 118 Å². The molecule has 4 aliphatic rings. The maximum absolute atomic E-state index is 13.6. The van der Waals surface area contributed by atoms with Crippen LogP contribution in [0.15, 0.2) is 23.9 Å². The minimum Gasteiger partial charge on any atom is -0.691 e. The van der Waals surface area contributed by atoms with E-state index in [1.165, 1.54) is 0 Å². The quantitative estimate of drug-likeness (QED) is 0.0137. The molecule has 19 heteroatoms. The fourth-order valence-electron chi connectivity index (χ4n) is 11.0. The lowest BCUT2D eigenvalue weighted by molar-refractivity contribution is -0.777. The van der Waals surface area contributed by atoms with Crippen LogP contribution in [0.4, 0.5) is 0 Å². The zero-order valence-electron chi connectivity index (χ0n) is 39.3. The van der Waals surface area contributed by atoms with Crippen molar-refractivity contribution in [2.45, 2.75) is 153 Å². The number of hydrogen-bond donors (Lipinski definition) is 5.